The molecule has 0 aliphatic rings. The van der Waals surface area contributed by atoms with Crippen molar-refractivity contribution in [2.24, 2.45) is 0 Å². The van der Waals surface area contributed by atoms with Crippen molar-refractivity contribution in [1.29, 1.82) is 0 Å². The number of rotatable bonds is 3. The smallest absolute Gasteiger partial charge is 0.196 e. The molecule has 0 heterocycles. The second-order valence-corrected chi connectivity index (χ2v) is 4.29. The summed E-state index contributed by atoms with van der Waals surface area (Å²) in [6.45, 7) is 0. The van der Waals surface area contributed by atoms with Gasteiger partial charge < -0.3 is 10.2 Å². The Morgan fingerprint density at radius 1 is 0.947 bits per heavy atom. The summed E-state index contributed by atoms with van der Waals surface area (Å²) in [6, 6.07) is 9.21. The van der Waals surface area contributed by atoms with Crippen molar-refractivity contribution >= 4 is 17.1 Å². The Labute approximate surface area is 109 Å². The molecular formula is C14H13F3N2. The number of hydrogen-bond acceptors (Lipinski definition) is 2. The molecule has 0 aromatic heterocycles. The number of anilines is 3. The summed E-state index contributed by atoms with van der Waals surface area (Å²) in [4.78, 5) is 1.88. The normalized spacial score (nSPS) is 10.4. The van der Waals surface area contributed by atoms with Gasteiger partial charge in [-0.15, -0.1) is 0 Å². The minimum absolute atomic E-state index is 0.102. The van der Waals surface area contributed by atoms with Crippen LogP contribution in [-0.2, 0) is 0 Å². The number of nitrogens with zero attached hydrogens (tertiary/aromatic N) is 1. The van der Waals surface area contributed by atoms with E-state index in [9.17, 15) is 13.2 Å². The fourth-order valence-electron chi connectivity index (χ4n) is 1.64. The van der Waals surface area contributed by atoms with Crippen molar-refractivity contribution in [1.82, 2.24) is 0 Å². The molecule has 0 atom stereocenters. The zero-order valence-corrected chi connectivity index (χ0v) is 10.5. The van der Waals surface area contributed by atoms with Crippen molar-refractivity contribution in [2.45, 2.75) is 0 Å². The van der Waals surface area contributed by atoms with Crippen LogP contribution in [0.3, 0.4) is 0 Å². The standard InChI is InChI=1S/C14H13F3N2/c1-19(2)10-5-3-4-9(8-10)18-12-7-6-11(15)13(16)14(12)17/h3-8,18H,1-2H3. The van der Waals surface area contributed by atoms with Gasteiger partial charge in [0.15, 0.2) is 17.5 Å². The molecule has 0 radical (unpaired) electrons. The van der Waals surface area contributed by atoms with Crippen molar-refractivity contribution in [2.75, 3.05) is 24.3 Å². The topological polar surface area (TPSA) is 15.3 Å². The van der Waals surface area contributed by atoms with Crippen molar-refractivity contribution in [3.8, 4) is 0 Å². The van der Waals surface area contributed by atoms with E-state index in [1.165, 1.54) is 0 Å². The number of benzene rings is 2. The lowest BCUT2D eigenvalue weighted by Gasteiger charge is -2.14. The van der Waals surface area contributed by atoms with Crippen LogP contribution in [0.15, 0.2) is 36.4 Å². The molecule has 0 saturated heterocycles. The van der Waals surface area contributed by atoms with Crippen LogP contribution >= 0.6 is 0 Å². The summed E-state index contributed by atoms with van der Waals surface area (Å²) in [7, 11) is 3.74. The summed E-state index contributed by atoms with van der Waals surface area (Å²) >= 11 is 0. The average molecular weight is 266 g/mol. The minimum atomic E-state index is -1.48. The molecule has 19 heavy (non-hydrogen) atoms. The fraction of sp³-hybridized carbons (Fsp3) is 0.143. The summed E-state index contributed by atoms with van der Waals surface area (Å²) in [5.74, 6) is -3.91. The highest BCUT2D eigenvalue weighted by molar-refractivity contribution is 5.65. The Hall–Kier alpha value is -2.17. The van der Waals surface area contributed by atoms with Crippen LogP contribution in [-0.4, -0.2) is 14.1 Å². The maximum atomic E-state index is 13.5. The summed E-state index contributed by atoms with van der Waals surface area (Å²) in [6.07, 6.45) is 0. The molecule has 2 aromatic rings. The lowest BCUT2D eigenvalue weighted by Crippen LogP contribution is -2.08. The minimum Gasteiger partial charge on any atom is -0.378 e. The van der Waals surface area contributed by atoms with Gasteiger partial charge in [-0.25, -0.2) is 13.2 Å². The van der Waals surface area contributed by atoms with E-state index in [0.29, 0.717) is 5.69 Å². The van der Waals surface area contributed by atoms with Crippen LogP contribution in [0.2, 0.25) is 0 Å². The van der Waals surface area contributed by atoms with Crippen LogP contribution in [0.5, 0.6) is 0 Å². The van der Waals surface area contributed by atoms with Gasteiger partial charge in [-0.1, -0.05) is 6.07 Å². The second-order valence-electron chi connectivity index (χ2n) is 4.29. The highest BCUT2D eigenvalue weighted by atomic mass is 19.2. The van der Waals surface area contributed by atoms with E-state index >= 15 is 0 Å². The molecule has 0 bridgehead atoms. The molecule has 0 fully saturated rings. The first-order valence-corrected chi connectivity index (χ1v) is 5.67. The predicted molar refractivity (Wildman–Crippen MR) is 70.4 cm³/mol. The quantitative estimate of drug-likeness (QED) is 0.847. The van der Waals surface area contributed by atoms with E-state index in [0.717, 1.165) is 17.8 Å². The molecule has 0 saturated carbocycles. The largest absolute Gasteiger partial charge is 0.378 e. The molecule has 0 amide bonds. The van der Waals surface area contributed by atoms with Crippen molar-refractivity contribution in [3.05, 3.63) is 53.8 Å². The Kier molecular flexibility index (Phi) is 3.64. The van der Waals surface area contributed by atoms with E-state index in [2.05, 4.69) is 5.32 Å². The van der Waals surface area contributed by atoms with Gasteiger partial charge in [-0.3, -0.25) is 0 Å². The molecule has 5 heteroatoms. The second kappa shape index (κ2) is 5.22. The van der Waals surface area contributed by atoms with Crippen LogP contribution in [0.1, 0.15) is 0 Å². The first-order chi connectivity index (χ1) is 8.99. The average Bonchev–Trinajstić information content (AvgIpc) is 2.40. The Bertz CT molecular complexity index is 597. The maximum Gasteiger partial charge on any atom is 0.196 e. The highest BCUT2D eigenvalue weighted by Gasteiger charge is 2.13. The molecule has 0 aliphatic carbocycles. The van der Waals surface area contributed by atoms with Gasteiger partial charge in [0.05, 0.1) is 5.69 Å². The Balaban J connectivity index is 2.31. The van der Waals surface area contributed by atoms with E-state index in [1.807, 2.05) is 25.1 Å². The van der Waals surface area contributed by atoms with Crippen molar-refractivity contribution < 1.29 is 13.2 Å². The predicted octanol–water partition coefficient (Wildman–Crippen LogP) is 3.91. The monoisotopic (exact) mass is 266 g/mol. The van der Waals surface area contributed by atoms with E-state index in [4.69, 9.17) is 0 Å². The third-order valence-electron chi connectivity index (χ3n) is 2.68. The Morgan fingerprint density at radius 3 is 2.37 bits per heavy atom. The summed E-state index contributed by atoms with van der Waals surface area (Å²) in [5, 5.41) is 2.73. The lowest BCUT2D eigenvalue weighted by atomic mass is 10.2. The molecule has 0 spiro atoms. The molecule has 2 rings (SSSR count). The maximum absolute atomic E-state index is 13.5. The van der Waals surface area contributed by atoms with Gasteiger partial charge in [0.25, 0.3) is 0 Å². The first-order valence-electron chi connectivity index (χ1n) is 5.67. The summed E-state index contributed by atoms with van der Waals surface area (Å²) in [5.41, 5.74) is 1.40. The zero-order chi connectivity index (χ0) is 14.0. The van der Waals surface area contributed by atoms with E-state index < -0.39 is 17.5 Å². The van der Waals surface area contributed by atoms with Gasteiger partial charge in [-0.2, -0.15) is 0 Å². The molecule has 2 aromatic carbocycles. The summed E-state index contributed by atoms with van der Waals surface area (Å²) < 4.78 is 39.4. The number of halogens is 3. The van der Waals surface area contributed by atoms with Gasteiger partial charge in [0.2, 0.25) is 0 Å². The highest BCUT2D eigenvalue weighted by Crippen LogP contribution is 2.25. The molecule has 0 unspecified atom stereocenters. The van der Waals surface area contributed by atoms with Crippen LogP contribution in [0.25, 0.3) is 0 Å². The van der Waals surface area contributed by atoms with Crippen LogP contribution in [0, 0.1) is 17.5 Å². The molecular weight excluding hydrogens is 253 g/mol. The van der Waals surface area contributed by atoms with Gasteiger partial charge >= 0.3 is 0 Å². The van der Waals surface area contributed by atoms with Gasteiger partial charge in [0, 0.05) is 25.5 Å². The van der Waals surface area contributed by atoms with Gasteiger partial charge in [-0.05, 0) is 30.3 Å². The van der Waals surface area contributed by atoms with Crippen LogP contribution in [0.4, 0.5) is 30.2 Å². The Morgan fingerprint density at radius 2 is 1.68 bits per heavy atom. The lowest BCUT2D eigenvalue weighted by molar-refractivity contribution is 0.449. The van der Waals surface area contributed by atoms with Gasteiger partial charge in [0.1, 0.15) is 0 Å². The SMILES string of the molecule is CN(C)c1cccc(Nc2ccc(F)c(F)c2F)c1. The zero-order valence-electron chi connectivity index (χ0n) is 10.5. The van der Waals surface area contributed by atoms with Crippen LogP contribution < -0.4 is 10.2 Å². The molecule has 2 nitrogen and oxygen atoms in total. The number of hydrogen-bond donors (Lipinski definition) is 1. The third kappa shape index (κ3) is 2.81. The third-order valence-corrected chi connectivity index (χ3v) is 2.68. The van der Waals surface area contributed by atoms with E-state index in [1.54, 1.807) is 18.2 Å². The molecule has 0 aliphatic heterocycles. The molecule has 1 N–H and O–H groups in total. The number of nitrogens with one attached hydrogen (secondary N) is 1. The van der Waals surface area contributed by atoms with E-state index in [-0.39, 0.29) is 5.69 Å². The first kappa shape index (κ1) is 13.3. The fourth-order valence-corrected chi connectivity index (χ4v) is 1.64. The molecule has 100 valence electrons. The van der Waals surface area contributed by atoms with Crippen molar-refractivity contribution in [3.63, 3.8) is 0 Å².